The number of rotatable bonds is 0. The molecule has 3 aromatic carbocycles. The molecule has 14 heterocycles. The van der Waals surface area contributed by atoms with Gasteiger partial charge in [0.2, 0.25) is 0 Å². The number of piperazine rings is 2. The zero-order valence-electron chi connectivity index (χ0n) is 92.5. The second-order valence-corrected chi connectivity index (χ2v) is 51.4. The van der Waals surface area contributed by atoms with Crippen LogP contribution in [0.15, 0.2) is 97.5 Å². The number of hydrogen-bond donors (Lipinski definition) is 1. The minimum Gasteiger partial charge on any atom is -0.349 e. The number of nitrogens with zero attached hydrogens (tertiary/aromatic N) is 17. The normalized spacial score (nSPS) is 20.9. The van der Waals surface area contributed by atoms with E-state index in [0.29, 0.717) is 49.7 Å². The molecule has 0 radical (unpaired) electrons. The molecular formula is C115H210N18. The Labute approximate surface area is 820 Å². The molecule has 18 nitrogen and oxygen atoms in total. The lowest BCUT2D eigenvalue weighted by molar-refractivity contribution is 0.00573. The van der Waals surface area contributed by atoms with Crippen molar-refractivity contribution in [3.05, 3.63) is 137 Å². The molecule has 3 aromatic heterocycles. The van der Waals surface area contributed by atoms with Crippen molar-refractivity contribution in [2.45, 2.75) is 433 Å². The van der Waals surface area contributed by atoms with Gasteiger partial charge in [-0.1, -0.05) is 129 Å². The van der Waals surface area contributed by atoms with E-state index in [2.05, 4.69) is 399 Å². The third-order valence-corrected chi connectivity index (χ3v) is 29.5. The molecule has 1 N–H and O–H groups in total. The molecule has 0 saturated carbocycles. The average molecular weight is 1850 g/mol. The maximum Gasteiger partial charge on any atom is 0.141 e. The Morgan fingerprint density at radius 3 is 1.12 bits per heavy atom. The Kier molecular flexibility index (Phi) is 45.7. The summed E-state index contributed by atoms with van der Waals surface area (Å²) >= 11 is 0. The summed E-state index contributed by atoms with van der Waals surface area (Å²) in [5.41, 5.74) is 13.4. The topological polar surface area (TPSA) is 103 Å². The molecule has 11 aliphatic rings. The fourth-order valence-corrected chi connectivity index (χ4v) is 19.6. The number of nitrogens with one attached hydrogen (secondary N) is 1. The fourth-order valence-electron chi connectivity index (χ4n) is 19.6. The van der Waals surface area contributed by atoms with Gasteiger partial charge in [0, 0.05) is 171 Å². The second-order valence-electron chi connectivity index (χ2n) is 51.4. The van der Waals surface area contributed by atoms with Gasteiger partial charge in [0.1, 0.15) is 18.0 Å². The SMILES string of the molecule is C.CC(C)(C)N1CCCC1.CC(C)(C)N1CCCCC1.CC(C)(C)N1CCCCC1.CC(C)(C)N1CCN2CCCCC2C1.CC(C)(C)N1CCc2ccccc2C1.CC(C)(C)N1CCc2ccccc2C1.CC(C)(C)N1CCn2cccc2C1.CC(C)(C)N1CCn2ncnc2C1.CC(C)(C)c1nc2ccccc2[nH]1.CN1CCC(C(C)(C)C)CC1.CN1CCN(C(C)(C)C)CC1. The Morgan fingerprint density at radius 1 is 0.316 bits per heavy atom. The highest BCUT2D eigenvalue weighted by molar-refractivity contribution is 5.75. The van der Waals surface area contributed by atoms with Crippen LogP contribution in [0.5, 0.6) is 0 Å². The lowest BCUT2D eigenvalue weighted by atomic mass is 9.75. The predicted octanol–water partition coefficient (Wildman–Crippen LogP) is 24.0. The summed E-state index contributed by atoms with van der Waals surface area (Å²) in [7, 11) is 4.42. The first-order chi connectivity index (χ1) is 61.2. The van der Waals surface area contributed by atoms with E-state index in [4.69, 9.17) is 0 Å². The summed E-state index contributed by atoms with van der Waals surface area (Å²) < 4.78 is 4.34. The van der Waals surface area contributed by atoms with E-state index >= 15 is 0 Å². The molecule has 133 heavy (non-hydrogen) atoms. The molecule has 760 valence electrons. The number of likely N-dealkylation sites (tertiary alicyclic amines) is 4. The molecule has 0 aliphatic carbocycles. The lowest BCUT2D eigenvalue weighted by Gasteiger charge is -2.48. The molecule has 0 bridgehead atoms. The first-order valence-corrected chi connectivity index (χ1v) is 52.7. The fraction of sp³-hybridized carbons (Fsp3) is 0.783. The number of piperidine rings is 4. The van der Waals surface area contributed by atoms with E-state index in [0.717, 1.165) is 80.5 Å². The first kappa shape index (κ1) is 117. The largest absolute Gasteiger partial charge is 0.349 e. The summed E-state index contributed by atoms with van der Waals surface area (Å²) in [6.07, 6.45) is 24.6. The van der Waals surface area contributed by atoms with Gasteiger partial charge < -0.3 is 19.4 Å². The van der Waals surface area contributed by atoms with E-state index in [9.17, 15) is 0 Å². The van der Waals surface area contributed by atoms with Crippen molar-refractivity contribution < 1.29 is 0 Å². The van der Waals surface area contributed by atoms with E-state index < -0.39 is 0 Å². The van der Waals surface area contributed by atoms with E-state index in [1.807, 2.05) is 22.9 Å². The van der Waals surface area contributed by atoms with Gasteiger partial charge in [-0.15, -0.1) is 0 Å². The third kappa shape index (κ3) is 40.7. The molecule has 7 fully saturated rings. The standard InChI is InChI=1S/2C13H19N.C12H24N2.C11H18N2.C11H14N2.C10H21N.C9H16N4.C9H20N2.2C9H19N.C8H17N.CH4/c2*1-13(2,3)14-9-8-11-6-4-5-7-12(11)10-14;1-12(2,3)14-9-8-13-7-5-4-6-11(13)10-14;1-11(2,3)13-8-7-12-6-4-5-10(12)9-13;1-11(2,3)10-12-8-6-4-5-7-9(8)13-10;1-10(2,3)9-5-7-11(4)8-6-9;1-9(2,3)12-4-5-13-8(6-12)10-7-11-13;1-9(2,3)11-7-5-10(4)6-8-11;2*1-9(2,3)10-7-5-4-6-8-10;1-8(2,3)9-6-4-5-7-9;/h2*4-7H,8-10H2,1-3H3;11H,4-10H2,1-3H3;4-6H,7-9H2,1-3H3;4-7H,1-3H3,(H,12,13);9H,5-8H2,1-4H3;7H,4-6H2,1-3H3;5-8H2,1-4H3;2*4-8H2,1-3H3;4-7H2,1-3H3;1H4. The second kappa shape index (κ2) is 52.0. The number of hydrogen-bond acceptors (Lipinski definition) is 15. The van der Waals surface area contributed by atoms with Gasteiger partial charge in [-0.05, 0) is 395 Å². The number of fused-ring (bicyclic) bond motifs is 6. The summed E-state index contributed by atoms with van der Waals surface area (Å²) in [6.45, 7) is 107. The minimum absolute atomic E-state index is 0. The highest BCUT2D eigenvalue weighted by Gasteiger charge is 2.36. The van der Waals surface area contributed by atoms with Gasteiger partial charge in [-0.3, -0.25) is 49.0 Å². The highest BCUT2D eigenvalue weighted by atomic mass is 15.4. The Morgan fingerprint density at radius 2 is 0.692 bits per heavy atom. The van der Waals surface area contributed by atoms with Crippen molar-refractivity contribution in [3.8, 4) is 0 Å². The van der Waals surface area contributed by atoms with Crippen LogP contribution in [-0.2, 0) is 57.5 Å². The minimum atomic E-state index is 0. The van der Waals surface area contributed by atoms with Crippen LogP contribution in [0.3, 0.4) is 0 Å². The maximum atomic E-state index is 4.53. The Hall–Kier alpha value is -4.93. The zero-order chi connectivity index (χ0) is 98.1. The monoisotopic (exact) mass is 1840 g/mol. The van der Waals surface area contributed by atoms with Gasteiger partial charge in [0.05, 0.1) is 24.1 Å². The number of para-hydroxylation sites is 2. The van der Waals surface area contributed by atoms with Crippen LogP contribution in [0.4, 0.5) is 0 Å². The summed E-state index contributed by atoms with van der Waals surface area (Å²) in [4.78, 5) is 42.6. The third-order valence-electron chi connectivity index (χ3n) is 29.5. The molecule has 0 amide bonds. The van der Waals surface area contributed by atoms with E-state index in [-0.39, 0.29) is 18.4 Å². The van der Waals surface area contributed by atoms with Crippen LogP contribution in [-0.4, -0.2) is 289 Å². The van der Waals surface area contributed by atoms with Crippen molar-refractivity contribution in [1.29, 1.82) is 0 Å². The summed E-state index contributed by atoms with van der Waals surface area (Å²) in [5, 5.41) is 4.15. The van der Waals surface area contributed by atoms with Gasteiger partial charge in [0.15, 0.2) is 0 Å². The van der Waals surface area contributed by atoms with Gasteiger partial charge in [0.25, 0.3) is 0 Å². The van der Waals surface area contributed by atoms with Crippen molar-refractivity contribution in [2.75, 3.05) is 145 Å². The van der Waals surface area contributed by atoms with Crippen LogP contribution in [0.2, 0.25) is 0 Å². The molecule has 7 saturated heterocycles. The number of benzene rings is 3. The van der Waals surface area contributed by atoms with Crippen molar-refractivity contribution in [2.24, 2.45) is 11.3 Å². The number of likely N-dealkylation sites (N-methyl/N-ethyl adjacent to an activating group) is 1. The number of aromatic amines is 1. The molecule has 0 spiro atoms. The van der Waals surface area contributed by atoms with Crippen molar-refractivity contribution in [1.82, 2.24) is 88.1 Å². The molecule has 1 atom stereocenters. The van der Waals surface area contributed by atoms with Crippen molar-refractivity contribution in [3.63, 3.8) is 0 Å². The average Bonchev–Trinajstić information content (AvgIpc) is 1.74. The van der Waals surface area contributed by atoms with Crippen LogP contribution in [0.1, 0.15) is 359 Å². The summed E-state index contributed by atoms with van der Waals surface area (Å²) in [6, 6.07) is 30.9. The van der Waals surface area contributed by atoms with Crippen LogP contribution in [0, 0.1) is 11.3 Å². The molecule has 17 rings (SSSR count). The predicted molar refractivity (Wildman–Crippen MR) is 577 cm³/mol. The van der Waals surface area contributed by atoms with E-state index in [1.165, 1.54) is 249 Å². The smallest absolute Gasteiger partial charge is 0.141 e. The quantitative estimate of drug-likeness (QED) is 0.156. The lowest BCUT2D eigenvalue weighted by Crippen LogP contribution is -2.59. The Balaban J connectivity index is 0.000000225. The van der Waals surface area contributed by atoms with Gasteiger partial charge in [-0.25, -0.2) is 14.6 Å². The zero-order valence-corrected chi connectivity index (χ0v) is 92.5. The number of imidazole rings is 1. The summed E-state index contributed by atoms with van der Waals surface area (Å²) in [5.74, 6) is 3.08. The first-order valence-electron chi connectivity index (χ1n) is 52.7. The highest BCUT2D eigenvalue weighted by Crippen LogP contribution is 2.35. The molecule has 11 aliphatic heterocycles. The maximum absolute atomic E-state index is 4.53. The number of H-pyrrole nitrogens is 1. The molecular weight excluding hydrogens is 1630 g/mol. The molecule has 6 aromatic rings. The van der Waals surface area contributed by atoms with E-state index in [1.54, 1.807) is 6.33 Å². The molecule has 18 heteroatoms. The Bertz CT molecular complexity index is 3920. The number of aromatic nitrogens is 6. The van der Waals surface area contributed by atoms with Crippen LogP contribution in [0.25, 0.3) is 11.0 Å². The van der Waals surface area contributed by atoms with Crippen LogP contribution < -0.4 is 0 Å². The molecule has 1 unspecified atom stereocenters. The van der Waals surface area contributed by atoms with Gasteiger partial charge in [-0.2, -0.15) is 5.10 Å². The van der Waals surface area contributed by atoms with Crippen LogP contribution >= 0.6 is 0 Å². The van der Waals surface area contributed by atoms with Gasteiger partial charge >= 0.3 is 0 Å². The van der Waals surface area contributed by atoms with Crippen molar-refractivity contribution >= 4 is 11.0 Å².